The second kappa shape index (κ2) is 6.49. The van der Waals surface area contributed by atoms with E-state index in [-0.39, 0.29) is 0 Å². The van der Waals surface area contributed by atoms with E-state index in [0.717, 1.165) is 35.6 Å². The first-order valence-electron chi connectivity index (χ1n) is 8.32. The molecule has 0 spiro atoms. The van der Waals surface area contributed by atoms with Crippen LogP contribution in [0.15, 0.2) is 59.8 Å². The Morgan fingerprint density at radius 1 is 1.08 bits per heavy atom. The van der Waals surface area contributed by atoms with E-state index in [0.29, 0.717) is 17.3 Å². The minimum atomic E-state index is -3.22. The molecule has 3 heterocycles. The lowest BCUT2D eigenvalue weighted by Gasteiger charge is -2.30. The second-order valence-electron chi connectivity index (χ2n) is 6.32. The summed E-state index contributed by atoms with van der Waals surface area (Å²) >= 11 is 0. The van der Waals surface area contributed by atoms with Crippen molar-refractivity contribution in [3.8, 4) is 11.5 Å². The van der Waals surface area contributed by atoms with Crippen LogP contribution in [0, 0.1) is 0 Å². The minimum absolute atomic E-state index is 0.336. The molecule has 0 saturated carbocycles. The van der Waals surface area contributed by atoms with Crippen LogP contribution in [0.5, 0.6) is 0 Å². The number of nitrogens with zero attached hydrogens (tertiary/aromatic N) is 4. The lowest BCUT2D eigenvalue weighted by molar-refractivity contribution is 0.601. The molecule has 0 radical (unpaired) electrons. The van der Waals surface area contributed by atoms with Gasteiger partial charge >= 0.3 is 0 Å². The third-order valence-corrected chi connectivity index (χ3v) is 5.55. The van der Waals surface area contributed by atoms with Crippen LogP contribution in [0.4, 0.5) is 5.69 Å². The highest BCUT2D eigenvalue weighted by Gasteiger charge is 2.20. The zero-order valence-corrected chi connectivity index (χ0v) is 15.1. The van der Waals surface area contributed by atoms with Crippen molar-refractivity contribution in [2.45, 2.75) is 17.9 Å². The maximum absolute atomic E-state index is 11.8. The maximum Gasteiger partial charge on any atom is 0.178 e. The van der Waals surface area contributed by atoms with Gasteiger partial charge in [0.1, 0.15) is 5.69 Å². The van der Waals surface area contributed by atoms with E-state index in [1.54, 1.807) is 24.4 Å². The van der Waals surface area contributed by atoms with Gasteiger partial charge in [0, 0.05) is 49.4 Å². The van der Waals surface area contributed by atoms with Crippen molar-refractivity contribution in [3.63, 3.8) is 0 Å². The summed E-state index contributed by atoms with van der Waals surface area (Å²) in [5, 5.41) is 0. The summed E-state index contributed by atoms with van der Waals surface area (Å²) in [7, 11) is -3.22. The van der Waals surface area contributed by atoms with E-state index >= 15 is 0 Å². The Labute approximate surface area is 152 Å². The van der Waals surface area contributed by atoms with Crippen LogP contribution in [-0.2, 0) is 22.8 Å². The number of sulfone groups is 1. The molecule has 4 rings (SSSR count). The molecule has 3 aromatic rings. The van der Waals surface area contributed by atoms with Gasteiger partial charge in [-0.1, -0.05) is 12.1 Å². The number of fused-ring (bicyclic) bond motifs is 1. The molecule has 1 aliphatic heterocycles. The SMILES string of the molecule is CS(=O)(=O)c1cccc(N2CCc3nc(-c4ccccn4)ncc3C2)c1. The molecule has 6 nitrogen and oxygen atoms in total. The van der Waals surface area contributed by atoms with Crippen molar-refractivity contribution in [2.75, 3.05) is 17.7 Å². The summed E-state index contributed by atoms with van der Waals surface area (Å²) in [5.74, 6) is 0.636. The third kappa shape index (κ3) is 3.30. The Hall–Kier alpha value is -2.80. The topological polar surface area (TPSA) is 76.1 Å². The molecule has 0 aliphatic carbocycles. The molecule has 1 aliphatic rings. The molecular weight excluding hydrogens is 348 g/mol. The number of aromatic nitrogens is 3. The van der Waals surface area contributed by atoms with Gasteiger partial charge in [-0.25, -0.2) is 18.4 Å². The van der Waals surface area contributed by atoms with Gasteiger partial charge < -0.3 is 4.90 Å². The fourth-order valence-corrected chi connectivity index (χ4v) is 3.73. The highest BCUT2D eigenvalue weighted by molar-refractivity contribution is 7.90. The quantitative estimate of drug-likeness (QED) is 0.709. The summed E-state index contributed by atoms with van der Waals surface area (Å²) < 4.78 is 23.6. The molecule has 2 aromatic heterocycles. The smallest absolute Gasteiger partial charge is 0.178 e. The van der Waals surface area contributed by atoms with Crippen LogP contribution < -0.4 is 4.90 Å². The van der Waals surface area contributed by atoms with E-state index < -0.39 is 9.84 Å². The highest BCUT2D eigenvalue weighted by Crippen LogP contribution is 2.26. The monoisotopic (exact) mass is 366 g/mol. The third-order valence-electron chi connectivity index (χ3n) is 4.44. The lowest BCUT2D eigenvalue weighted by atomic mass is 10.1. The molecule has 0 bridgehead atoms. The van der Waals surface area contributed by atoms with Crippen LogP contribution in [0.25, 0.3) is 11.5 Å². The largest absolute Gasteiger partial charge is 0.367 e. The Balaban J connectivity index is 1.61. The van der Waals surface area contributed by atoms with Gasteiger partial charge in [-0.15, -0.1) is 0 Å². The number of hydrogen-bond acceptors (Lipinski definition) is 6. The van der Waals surface area contributed by atoms with Crippen LogP contribution in [-0.4, -0.2) is 36.2 Å². The first-order chi connectivity index (χ1) is 12.5. The molecule has 0 N–H and O–H groups in total. The van der Waals surface area contributed by atoms with Crippen molar-refractivity contribution < 1.29 is 8.42 Å². The molecule has 0 amide bonds. The Kier molecular flexibility index (Phi) is 4.16. The van der Waals surface area contributed by atoms with Crippen LogP contribution >= 0.6 is 0 Å². The average Bonchev–Trinajstić information content (AvgIpc) is 2.67. The molecule has 132 valence electrons. The number of benzene rings is 1. The molecule has 26 heavy (non-hydrogen) atoms. The summed E-state index contributed by atoms with van der Waals surface area (Å²) in [6, 6.07) is 12.7. The average molecular weight is 366 g/mol. The zero-order valence-electron chi connectivity index (χ0n) is 14.3. The molecule has 0 unspecified atom stereocenters. The summed E-state index contributed by atoms with van der Waals surface area (Å²) in [6.07, 6.45) is 5.58. The van der Waals surface area contributed by atoms with Crippen LogP contribution in [0.1, 0.15) is 11.3 Å². The van der Waals surface area contributed by atoms with E-state index in [2.05, 4.69) is 19.9 Å². The number of pyridine rings is 1. The van der Waals surface area contributed by atoms with Crippen molar-refractivity contribution >= 4 is 15.5 Å². The lowest BCUT2D eigenvalue weighted by Crippen LogP contribution is -2.31. The van der Waals surface area contributed by atoms with E-state index in [9.17, 15) is 8.42 Å². The van der Waals surface area contributed by atoms with Gasteiger partial charge in [-0.05, 0) is 30.3 Å². The van der Waals surface area contributed by atoms with Crippen LogP contribution in [0.3, 0.4) is 0 Å². The van der Waals surface area contributed by atoms with Crippen LogP contribution in [0.2, 0.25) is 0 Å². The Bertz CT molecular complexity index is 1050. The molecule has 1 aromatic carbocycles. The van der Waals surface area contributed by atoms with Crippen molar-refractivity contribution in [1.29, 1.82) is 0 Å². The van der Waals surface area contributed by atoms with E-state index in [4.69, 9.17) is 0 Å². The fraction of sp³-hybridized carbons (Fsp3) is 0.211. The molecular formula is C19H18N4O2S. The summed E-state index contributed by atoms with van der Waals surface area (Å²) in [6.45, 7) is 1.43. The van der Waals surface area contributed by atoms with E-state index in [1.165, 1.54) is 6.26 Å². The van der Waals surface area contributed by atoms with Gasteiger partial charge in [0.05, 0.1) is 10.6 Å². The Morgan fingerprint density at radius 2 is 1.96 bits per heavy atom. The summed E-state index contributed by atoms with van der Waals surface area (Å²) in [5.41, 5.74) is 3.74. The normalized spacial score (nSPS) is 14.1. The zero-order chi connectivity index (χ0) is 18.1. The van der Waals surface area contributed by atoms with Gasteiger partial charge in [-0.2, -0.15) is 0 Å². The highest BCUT2D eigenvalue weighted by atomic mass is 32.2. The predicted octanol–water partition coefficient (Wildman–Crippen LogP) is 2.50. The fourth-order valence-electron chi connectivity index (χ4n) is 3.07. The standard InChI is InChI=1S/C19H18N4O2S/c1-26(24,25)16-6-4-5-15(11-16)23-10-8-17-14(13-23)12-21-19(22-17)18-7-2-3-9-20-18/h2-7,9,11-12H,8,10,13H2,1H3. The van der Waals surface area contributed by atoms with Crippen molar-refractivity contribution in [2.24, 2.45) is 0 Å². The predicted molar refractivity (Wildman–Crippen MR) is 99.6 cm³/mol. The number of hydrogen-bond donors (Lipinski definition) is 0. The molecule has 7 heteroatoms. The molecule has 0 atom stereocenters. The van der Waals surface area contributed by atoms with Crippen molar-refractivity contribution in [3.05, 3.63) is 66.1 Å². The second-order valence-corrected chi connectivity index (χ2v) is 8.34. The van der Waals surface area contributed by atoms with Crippen molar-refractivity contribution in [1.82, 2.24) is 15.0 Å². The summed E-state index contributed by atoms with van der Waals surface area (Å²) in [4.78, 5) is 15.9. The van der Waals surface area contributed by atoms with Gasteiger partial charge in [-0.3, -0.25) is 4.98 Å². The first-order valence-corrected chi connectivity index (χ1v) is 10.2. The minimum Gasteiger partial charge on any atom is -0.367 e. The Morgan fingerprint density at radius 3 is 2.73 bits per heavy atom. The number of rotatable bonds is 3. The molecule has 0 fully saturated rings. The molecule has 0 saturated heterocycles. The van der Waals surface area contributed by atoms with Gasteiger partial charge in [0.25, 0.3) is 0 Å². The van der Waals surface area contributed by atoms with E-state index in [1.807, 2.05) is 30.5 Å². The maximum atomic E-state index is 11.8. The van der Waals surface area contributed by atoms with Gasteiger partial charge in [0.15, 0.2) is 15.7 Å². The van der Waals surface area contributed by atoms with Gasteiger partial charge in [0.2, 0.25) is 0 Å². The number of anilines is 1. The first kappa shape index (κ1) is 16.7.